The van der Waals surface area contributed by atoms with Gasteiger partial charge < -0.3 is 10.4 Å². The van der Waals surface area contributed by atoms with Gasteiger partial charge in [0, 0.05) is 6.42 Å². The zero-order chi connectivity index (χ0) is 23.5. The molecule has 1 amide bonds. The van der Waals surface area contributed by atoms with E-state index in [1.54, 1.807) is 0 Å². The molecule has 0 heterocycles. The van der Waals surface area contributed by atoms with Gasteiger partial charge in [0.25, 0.3) is 0 Å². The predicted octanol–water partition coefficient (Wildman–Crippen LogP) is 5.95. The summed E-state index contributed by atoms with van der Waals surface area (Å²) < 4.78 is 0. The highest BCUT2D eigenvalue weighted by Crippen LogP contribution is 2.42. The second-order valence-electron chi connectivity index (χ2n) is 8.49. The first-order valence-electron chi connectivity index (χ1n) is 11.8. The van der Waals surface area contributed by atoms with Crippen LogP contribution in [0.15, 0.2) is 91.0 Å². The highest BCUT2D eigenvalue weighted by Gasteiger charge is 2.39. The molecule has 33 heavy (non-hydrogen) atoms. The maximum absolute atomic E-state index is 13.4. The van der Waals surface area contributed by atoms with Crippen molar-refractivity contribution in [3.8, 4) is 0 Å². The molecule has 0 aliphatic rings. The minimum Gasteiger partial charge on any atom is -0.480 e. The van der Waals surface area contributed by atoms with Crippen molar-refractivity contribution in [2.75, 3.05) is 0 Å². The summed E-state index contributed by atoms with van der Waals surface area (Å²) >= 11 is 0. The van der Waals surface area contributed by atoms with E-state index in [0.717, 1.165) is 42.4 Å². The first-order chi connectivity index (χ1) is 16.1. The van der Waals surface area contributed by atoms with Crippen molar-refractivity contribution in [3.05, 3.63) is 108 Å². The van der Waals surface area contributed by atoms with Gasteiger partial charge >= 0.3 is 5.97 Å². The van der Waals surface area contributed by atoms with Crippen LogP contribution in [0.3, 0.4) is 0 Å². The topological polar surface area (TPSA) is 66.4 Å². The Kier molecular flexibility index (Phi) is 8.82. The molecule has 3 aromatic carbocycles. The van der Waals surface area contributed by atoms with Crippen LogP contribution in [0.4, 0.5) is 0 Å². The fourth-order valence-electron chi connectivity index (χ4n) is 4.49. The van der Waals surface area contributed by atoms with Gasteiger partial charge in [0.15, 0.2) is 0 Å². The van der Waals surface area contributed by atoms with Crippen molar-refractivity contribution in [3.63, 3.8) is 0 Å². The summed E-state index contributed by atoms with van der Waals surface area (Å²) in [4.78, 5) is 25.3. The predicted molar refractivity (Wildman–Crippen MR) is 132 cm³/mol. The minimum absolute atomic E-state index is 0.115. The average molecular weight is 444 g/mol. The van der Waals surface area contributed by atoms with Gasteiger partial charge in [0.2, 0.25) is 5.91 Å². The van der Waals surface area contributed by atoms with Crippen LogP contribution >= 0.6 is 0 Å². The molecule has 0 radical (unpaired) electrons. The molecule has 0 fully saturated rings. The number of carbonyl (C=O) groups excluding carboxylic acids is 1. The van der Waals surface area contributed by atoms with Gasteiger partial charge in [-0.25, -0.2) is 4.79 Å². The Labute approximate surface area is 196 Å². The molecular formula is C29H33NO3. The Morgan fingerprint density at radius 2 is 1.21 bits per heavy atom. The van der Waals surface area contributed by atoms with Crippen LogP contribution in [-0.2, 0) is 15.0 Å². The van der Waals surface area contributed by atoms with Crippen molar-refractivity contribution in [2.45, 2.75) is 56.9 Å². The number of hydrogen-bond donors (Lipinski definition) is 2. The number of carbonyl (C=O) groups is 2. The molecule has 0 aliphatic carbocycles. The number of amides is 1. The molecule has 3 aromatic rings. The summed E-state index contributed by atoms with van der Waals surface area (Å²) in [7, 11) is 0. The highest BCUT2D eigenvalue weighted by atomic mass is 16.4. The van der Waals surface area contributed by atoms with Crippen molar-refractivity contribution >= 4 is 11.9 Å². The standard InChI is InChI=1S/C29H33NO3/c1-2-3-4-14-21-26(28(32)33)30-27(31)22-29(23-15-8-5-9-16-23,24-17-10-6-11-18-24)25-19-12-7-13-20-25/h5-13,15-20,26H,2-4,14,21-22H2,1H3,(H,30,31)(H,32,33)/t26-/m0/s1. The van der Waals surface area contributed by atoms with Gasteiger partial charge in [0.05, 0.1) is 5.41 Å². The van der Waals surface area contributed by atoms with E-state index in [2.05, 4.69) is 12.2 Å². The van der Waals surface area contributed by atoms with E-state index in [9.17, 15) is 14.7 Å². The molecule has 0 aliphatic heterocycles. The Balaban J connectivity index is 1.98. The molecule has 1 atom stereocenters. The monoisotopic (exact) mass is 443 g/mol. The number of carboxylic acid groups (broad SMARTS) is 1. The van der Waals surface area contributed by atoms with Crippen LogP contribution in [0.25, 0.3) is 0 Å². The Bertz CT molecular complexity index is 906. The lowest BCUT2D eigenvalue weighted by Crippen LogP contribution is -2.44. The minimum atomic E-state index is -0.982. The smallest absolute Gasteiger partial charge is 0.326 e. The summed E-state index contributed by atoms with van der Waals surface area (Å²) in [6, 6.07) is 29.0. The summed E-state index contributed by atoms with van der Waals surface area (Å²) in [5, 5.41) is 12.5. The van der Waals surface area contributed by atoms with Crippen molar-refractivity contribution in [1.29, 1.82) is 0 Å². The molecule has 0 spiro atoms. The summed E-state index contributed by atoms with van der Waals surface area (Å²) in [6.07, 6.45) is 4.46. The van der Waals surface area contributed by atoms with Crippen molar-refractivity contribution in [2.24, 2.45) is 0 Å². The number of carboxylic acids is 1. The third-order valence-electron chi connectivity index (χ3n) is 6.21. The Morgan fingerprint density at radius 1 is 0.758 bits per heavy atom. The van der Waals surface area contributed by atoms with Crippen LogP contribution in [0.1, 0.15) is 62.1 Å². The fraction of sp³-hybridized carbons (Fsp3) is 0.310. The van der Waals surface area contributed by atoms with E-state index in [0.29, 0.717) is 6.42 Å². The zero-order valence-electron chi connectivity index (χ0n) is 19.2. The van der Waals surface area contributed by atoms with Gasteiger partial charge in [-0.3, -0.25) is 4.79 Å². The first kappa shape index (κ1) is 24.2. The average Bonchev–Trinajstić information content (AvgIpc) is 2.86. The van der Waals surface area contributed by atoms with Crippen LogP contribution in [0.5, 0.6) is 0 Å². The van der Waals surface area contributed by atoms with Crippen LogP contribution in [0.2, 0.25) is 0 Å². The lowest BCUT2D eigenvalue weighted by molar-refractivity contribution is -0.142. The molecule has 4 heteroatoms. The van der Waals surface area contributed by atoms with Gasteiger partial charge in [-0.2, -0.15) is 0 Å². The SMILES string of the molecule is CCCCCC[C@H](NC(=O)CC(c1ccccc1)(c1ccccc1)c1ccccc1)C(=O)O. The number of rotatable bonds is 12. The number of hydrogen-bond acceptors (Lipinski definition) is 2. The summed E-state index contributed by atoms with van der Waals surface area (Å²) in [6.45, 7) is 2.12. The molecule has 0 bridgehead atoms. The fourth-order valence-corrected chi connectivity index (χ4v) is 4.49. The molecule has 3 rings (SSSR count). The van der Waals surface area contributed by atoms with E-state index in [1.807, 2.05) is 91.0 Å². The molecule has 0 unspecified atom stereocenters. The van der Waals surface area contributed by atoms with Gasteiger partial charge in [-0.05, 0) is 23.1 Å². The second kappa shape index (κ2) is 12.0. The van der Waals surface area contributed by atoms with Gasteiger partial charge in [0.1, 0.15) is 6.04 Å². The van der Waals surface area contributed by atoms with Gasteiger partial charge in [-0.15, -0.1) is 0 Å². The van der Waals surface area contributed by atoms with E-state index in [-0.39, 0.29) is 12.3 Å². The van der Waals surface area contributed by atoms with E-state index in [1.165, 1.54) is 0 Å². The van der Waals surface area contributed by atoms with Crippen LogP contribution in [0, 0.1) is 0 Å². The lowest BCUT2D eigenvalue weighted by atomic mass is 9.67. The third kappa shape index (κ3) is 6.10. The number of unbranched alkanes of at least 4 members (excludes halogenated alkanes) is 3. The third-order valence-corrected chi connectivity index (χ3v) is 6.21. The van der Waals surface area contributed by atoms with Gasteiger partial charge in [-0.1, -0.05) is 124 Å². The maximum atomic E-state index is 13.4. The summed E-state index contributed by atoms with van der Waals surface area (Å²) in [5.74, 6) is -1.25. The zero-order valence-corrected chi connectivity index (χ0v) is 19.2. The first-order valence-corrected chi connectivity index (χ1v) is 11.8. The van der Waals surface area contributed by atoms with Crippen LogP contribution < -0.4 is 5.32 Å². The van der Waals surface area contributed by atoms with E-state index >= 15 is 0 Å². The Hall–Kier alpha value is -3.40. The molecule has 0 aromatic heterocycles. The van der Waals surface area contributed by atoms with Crippen molar-refractivity contribution < 1.29 is 14.7 Å². The number of nitrogens with one attached hydrogen (secondary N) is 1. The molecule has 4 nitrogen and oxygen atoms in total. The van der Waals surface area contributed by atoms with E-state index < -0.39 is 17.4 Å². The van der Waals surface area contributed by atoms with Crippen molar-refractivity contribution in [1.82, 2.24) is 5.32 Å². The second-order valence-corrected chi connectivity index (χ2v) is 8.49. The molecular weight excluding hydrogens is 410 g/mol. The number of aliphatic carboxylic acids is 1. The lowest BCUT2D eigenvalue weighted by Gasteiger charge is -2.36. The normalized spacial score (nSPS) is 12.2. The highest BCUT2D eigenvalue weighted by molar-refractivity contribution is 5.85. The number of benzene rings is 3. The van der Waals surface area contributed by atoms with E-state index in [4.69, 9.17) is 0 Å². The molecule has 2 N–H and O–H groups in total. The maximum Gasteiger partial charge on any atom is 0.326 e. The summed E-state index contributed by atoms with van der Waals surface area (Å²) in [5.41, 5.74) is 2.24. The van der Waals surface area contributed by atoms with Crippen LogP contribution in [-0.4, -0.2) is 23.0 Å². The molecule has 172 valence electrons. The molecule has 0 saturated heterocycles. The largest absolute Gasteiger partial charge is 0.480 e. The quantitative estimate of drug-likeness (QED) is 0.268. The molecule has 0 saturated carbocycles. The Morgan fingerprint density at radius 3 is 1.61 bits per heavy atom.